The van der Waals surface area contributed by atoms with Gasteiger partial charge in [-0.05, 0) is 50.4 Å². The lowest BCUT2D eigenvalue weighted by molar-refractivity contribution is -0.303. The maximum atomic E-state index is 12.1. The highest BCUT2D eigenvalue weighted by molar-refractivity contribution is 5.25. The van der Waals surface area contributed by atoms with Crippen molar-refractivity contribution in [3.05, 3.63) is 23.5 Å². The van der Waals surface area contributed by atoms with Crippen molar-refractivity contribution in [2.75, 3.05) is 13.6 Å². The Hall–Kier alpha value is -0.970. The van der Waals surface area contributed by atoms with Crippen LogP contribution in [-0.4, -0.2) is 20.0 Å². The molecule has 0 saturated carbocycles. The Morgan fingerprint density at radius 1 is 1.39 bits per heavy atom. The number of nitrogens with one attached hydrogen (secondary N) is 1. The van der Waals surface area contributed by atoms with Gasteiger partial charge in [-0.25, -0.2) is 0 Å². The SMILES string of the molecule is CNCC(C)C(C)C1=CC(OC(F)(F)F)=CCC1. The van der Waals surface area contributed by atoms with Gasteiger partial charge < -0.3 is 10.1 Å². The third-order valence-corrected chi connectivity index (χ3v) is 3.30. The monoisotopic (exact) mass is 263 g/mol. The quantitative estimate of drug-likeness (QED) is 0.818. The van der Waals surface area contributed by atoms with Crippen LogP contribution in [0.25, 0.3) is 0 Å². The molecule has 0 amide bonds. The molecule has 0 aromatic heterocycles. The Morgan fingerprint density at radius 2 is 2.06 bits per heavy atom. The summed E-state index contributed by atoms with van der Waals surface area (Å²) in [5.41, 5.74) is 1.03. The Kier molecular flexibility index (Phi) is 5.26. The molecule has 0 heterocycles. The minimum absolute atomic E-state index is 0.0766. The van der Waals surface area contributed by atoms with Crippen LogP contribution in [0.1, 0.15) is 26.7 Å². The summed E-state index contributed by atoms with van der Waals surface area (Å²) in [4.78, 5) is 0. The molecule has 1 aliphatic carbocycles. The van der Waals surface area contributed by atoms with E-state index in [9.17, 15) is 13.2 Å². The summed E-state index contributed by atoms with van der Waals surface area (Å²) >= 11 is 0. The van der Waals surface area contributed by atoms with Crippen LogP contribution in [0.5, 0.6) is 0 Å². The average Bonchev–Trinajstić information content (AvgIpc) is 2.26. The zero-order valence-electron chi connectivity index (χ0n) is 11.0. The van der Waals surface area contributed by atoms with Gasteiger partial charge in [-0.15, -0.1) is 13.2 Å². The molecule has 0 bridgehead atoms. The molecule has 0 radical (unpaired) electrons. The van der Waals surface area contributed by atoms with E-state index in [0.29, 0.717) is 12.3 Å². The van der Waals surface area contributed by atoms with E-state index in [2.05, 4.69) is 17.0 Å². The summed E-state index contributed by atoms with van der Waals surface area (Å²) < 4.78 is 40.4. The highest BCUT2D eigenvalue weighted by atomic mass is 19.4. The van der Waals surface area contributed by atoms with Crippen molar-refractivity contribution in [3.8, 4) is 0 Å². The number of ether oxygens (including phenoxy) is 1. The second kappa shape index (κ2) is 6.27. The number of alkyl halides is 3. The maximum Gasteiger partial charge on any atom is 0.573 e. The first-order chi connectivity index (χ1) is 8.33. The number of rotatable bonds is 5. The summed E-state index contributed by atoms with van der Waals surface area (Å²) in [6, 6.07) is 0. The lowest BCUT2D eigenvalue weighted by Crippen LogP contribution is -2.24. The molecular formula is C13H20F3NO. The van der Waals surface area contributed by atoms with E-state index in [0.717, 1.165) is 18.5 Å². The average molecular weight is 263 g/mol. The molecule has 5 heteroatoms. The molecule has 2 nitrogen and oxygen atoms in total. The Bertz CT molecular complexity index is 334. The van der Waals surface area contributed by atoms with E-state index in [4.69, 9.17) is 0 Å². The van der Waals surface area contributed by atoms with Gasteiger partial charge in [0, 0.05) is 0 Å². The van der Waals surface area contributed by atoms with Crippen LogP contribution < -0.4 is 5.32 Å². The van der Waals surface area contributed by atoms with Gasteiger partial charge in [0.25, 0.3) is 0 Å². The Morgan fingerprint density at radius 3 is 2.61 bits per heavy atom. The number of halogens is 3. The lowest BCUT2D eigenvalue weighted by atomic mass is 9.84. The van der Waals surface area contributed by atoms with Crippen LogP contribution in [0, 0.1) is 11.8 Å². The van der Waals surface area contributed by atoms with E-state index >= 15 is 0 Å². The van der Waals surface area contributed by atoms with Gasteiger partial charge in [0.1, 0.15) is 5.76 Å². The smallest absolute Gasteiger partial charge is 0.406 e. The van der Waals surface area contributed by atoms with E-state index in [1.54, 1.807) is 0 Å². The second-order valence-corrected chi connectivity index (χ2v) is 4.74. The van der Waals surface area contributed by atoms with Crippen LogP contribution in [0.15, 0.2) is 23.5 Å². The third kappa shape index (κ3) is 4.72. The van der Waals surface area contributed by atoms with Crippen molar-refractivity contribution in [2.24, 2.45) is 11.8 Å². The van der Waals surface area contributed by atoms with Crippen molar-refractivity contribution in [1.29, 1.82) is 0 Å². The first-order valence-electron chi connectivity index (χ1n) is 6.14. The minimum atomic E-state index is -4.61. The van der Waals surface area contributed by atoms with Crippen LogP contribution in [0.3, 0.4) is 0 Å². The molecule has 0 spiro atoms. The lowest BCUT2D eigenvalue weighted by Gasteiger charge is -2.25. The molecular weight excluding hydrogens is 243 g/mol. The molecule has 0 aromatic carbocycles. The summed E-state index contributed by atoms with van der Waals surface area (Å²) in [6.07, 6.45) is -0.168. The summed E-state index contributed by atoms with van der Waals surface area (Å²) in [7, 11) is 1.87. The maximum absolute atomic E-state index is 12.1. The van der Waals surface area contributed by atoms with E-state index in [1.807, 2.05) is 14.0 Å². The van der Waals surface area contributed by atoms with E-state index in [1.165, 1.54) is 12.2 Å². The normalized spacial score (nSPS) is 19.9. The predicted molar refractivity (Wildman–Crippen MR) is 64.8 cm³/mol. The number of hydrogen-bond acceptors (Lipinski definition) is 2. The molecule has 2 unspecified atom stereocenters. The number of allylic oxidation sites excluding steroid dienone is 3. The van der Waals surface area contributed by atoms with E-state index in [-0.39, 0.29) is 11.7 Å². The highest BCUT2D eigenvalue weighted by Crippen LogP contribution is 2.31. The van der Waals surface area contributed by atoms with Crippen molar-refractivity contribution in [3.63, 3.8) is 0 Å². The standard InChI is InChI=1S/C13H20F3NO/c1-9(8-17-3)10(2)11-5-4-6-12(7-11)18-13(14,15)16/h6-7,9-10,17H,4-5,8H2,1-3H3. The van der Waals surface area contributed by atoms with Crippen LogP contribution in [-0.2, 0) is 4.74 Å². The van der Waals surface area contributed by atoms with Gasteiger partial charge in [-0.1, -0.05) is 19.4 Å². The van der Waals surface area contributed by atoms with Gasteiger partial charge in [-0.2, -0.15) is 0 Å². The summed E-state index contributed by atoms with van der Waals surface area (Å²) in [5, 5.41) is 3.08. The first kappa shape index (κ1) is 15.1. The van der Waals surface area contributed by atoms with Gasteiger partial charge in [0.2, 0.25) is 0 Å². The molecule has 2 atom stereocenters. The Balaban J connectivity index is 2.69. The van der Waals surface area contributed by atoms with Crippen LogP contribution in [0.4, 0.5) is 13.2 Å². The van der Waals surface area contributed by atoms with Crippen LogP contribution >= 0.6 is 0 Å². The molecule has 0 saturated heterocycles. The first-order valence-corrected chi connectivity index (χ1v) is 6.14. The second-order valence-electron chi connectivity index (χ2n) is 4.74. The molecule has 1 N–H and O–H groups in total. The zero-order valence-corrected chi connectivity index (χ0v) is 11.0. The minimum Gasteiger partial charge on any atom is -0.406 e. The number of hydrogen-bond donors (Lipinski definition) is 1. The van der Waals surface area contributed by atoms with Crippen molar-refractivity contribution >= 4 is 0 Å². The summed E-state index contributed by atoms with van der Waals surface area (Å²) in [6.45, 7) is 4.98. The highest BCUT2D eigenvalue weighted by Gasteiger charge is 2.32. The fraction of sp³-hybridized carbons (Fsp3) is 0.692. The van der Waals surface area contributed by atoms with Gasteiger partial charge in [-0.3, -0.25) is 0 Å². The topological polar surface area (TPSA) is 21.3 Å². The molecule has 104 valence electrons. The van der Waals surface area contributed by atoms with Gasteiger partial charge >= 0.3 is 6.36 Å². The molecule has 1 rings (SSSR count). The van der Waals surface area contributed by atoms with Crippen molar-refractivity contribution in [2.45, 2.75) is 33.1 Å². The third-order valence-electron chi connectivity index (χ3n) is 3.30. The summed E-state index contributed by atoms with van der Waals surface area (Å²) in [5.74, 6) is 0.553. The molecule has 18 heavy (non-hydrogen) atoms. The fourth-order valence-electron chi connectivity index (χ4n) is 2.12. The zero-order chi connectivity index (χ0) is 13.8. The molecule has 0 aliphatic heterocycles. The predicted octanol–water partition coefficient (Wildman–Crippen LogP) is 3.62. The van der Waals surface area contributed by atoms with Crippen LogP contribution in [0.2, 0.25) is 0 Å². The van der Waals surface area contributed by atoms with Crippen molar-refractivity contribution in [1.82, 2.24) is 5.32 Å². The van der Waals surface area contributed by atoms with Gasteiger partial charge in [0.05, 0.1) is 0 Å². The molecule has 0 fully saturated rings. The molecule has 0 aromatic rings. The fourth-order valence-corrected chi connectivity index (χ4v) is 2.12. The van der Waals surface area contributed by atoms with E-state index < -0.39 is 6.36 Å². The largest absolute Gasteiger partial charge is 0.573 e. The van der Waals surface area contributed by atoms with Crippen molar-refractivity contribution < 1.29 is 17.9 Å². The Labute approximate surface area is 106 Å². The molecule has 1 aliphatic rings. The van der Waals surface area contributed by atoms with Gasteiger partial charge in [0.15, 0.2) is 0 Å².